The van der Waals surface area contributed by atoms with E-state index in [1.54, 1.807) is 6.20 Å². The maximum absolute atomic E-state index is 6.61. The summed E-state index contributed by atoms with van der Waals surface area (Å²) in [6.07, 6.45) is 8.19. The molecule has 1 heterocycles. The first kappa shape index (κ1) is 14.3. The number of ether oxygens (including phenoxy) is 1. The molecule has 0 bridgehead atoms. The maximum Gasteiger partial charge on any atom is 0.137 e. The fraction of sp³-hybridized carbons (Fsp3) is 0.688. The molecule has 0 amide bonds. The van der Waals surface area contributed by atoms with Gasteiger partial charge in [0.25, 0.3) is 0 Å². The standard InChI is InChI=1S/C16H26N2O/c1-4-19-15-9-14(10-18-11-15)16(17)7-5-13(6-8-16)12(2)3/h9-13H,4-8,17H2,1-3H3. The van der Waals surface area contributed by atoms with Gasteiger partial charge in [-0.05, 0) is 56.1 Å². The first-order valence-electron chi connectivity index (χ1n) is 7.42. The Morgan fingerprint density at radius 1 is 1.37 bits per heavy atom. The molecule has 0 aromatic carbocycles. The highest BCUT2D eigenvalue weighted by Crippen LogP contribution is 2.40. The Balaban J connectivity index is 2.10. The summed E-state index contributed by atoms with van der Waals surface area (Å²) in [4.78, 5) is 4.27. The molecule has 1 aliphatic carbocycles. The molecule has 0 atom stereocenters. The number of pyridine rings is 1. The second-order valence-electron chi connectivity index (χ2n) is 6.08. The maximum atomic E-state index is 6.61. The molecule has 1 aromatic rings. The van der Waals surface area contributed by atoms with Crippen molar-refractivity contribution in [3.63, 3.8) is 0 Å². The number of nitrogens with two attached hydrogens (primary N) is 1. The topological polar surface area (TPSA) is 48.1 Å². The van der Waals surface area contributed by atoms with Crippen LogP contribution in [0, 0.1) is 11.8 Å². The van der Waals surface area contributed by atoms with Gasteiger partial charge in [-0.2, -0.15) is 0 Å². The van der Waals surface area contributed by atoms with Crippen molar-refractivity contribution in [2.24, 2.45) is 17.6 Å². The molecule has 0 unspecified atom stereocenters. The Hall–Kier alpha value is -1.09. The van der Waals surface area contributed by atoms with Crippen LogP contribution in [0.25, 0.3) is 0 Å². The molecule has 1 aliphatic rings. The number of rotatable bonds is 4. The van der Waals surface area contributed by atoms with Crippen molar-refractivity contribution in [3.8, 4) is 5.75 Å². The fourth-order valence-corrected chi connectivity index (χ4v) is 3.05. The Morgan fingerprint density at radius 2 is 2.05 bits per heavy atom. The lowest BCUT2D eigenvalue weighted by molar-refractivity contribution is 0.195. The zero-order chi connectivity index (χ0) is 13.9. The smallest absolute Gasteiger partial charge is 0.137 e. The Morgan fingerprint density at radius 3 is 2.63 bits per heavy atom. The van der Waals surface area contributed by atoms with Gasteiger partial charge in [0.2, 0.25) is 0 Å². The van der Waals surface area contributed by atoms with Gasteiger partial charge in [-0.25, -0.2) is 0 Å². The first-order chi connectivity index (χ1) is 9.05. The average molecular weight is 262 g/mol. The van der Waals surface area contributed by atoms with Crippen molar-refractivity contribution in [2.45, 2.75) is 52.0 Å². The molecule has 1 aromatic heterocycles. The predicted octanol–water partition coefficient (Wildman–Crippen LogP) is 3.48. The molecule has 0 saturated heterocycles. The van der Waals surface area contributed by atoms with E-state index in [4.69, 9.17) is 10.5 Å². The van der Waals surface area contributed by atoms with Crippen LogP contribution in [-0.2, 0) is 5.54 Å². The molecule has 2 rings (SSSR count). The quantitative estimate of drug-likeness (QED) is 0.903. The third kappa shape index (κ3) is 3.27. The first-order valence-corrected chi connectivity index (χ1v) is 7.42. The second kappa shape index (κ2) is 5.91. The fourth-order valence-electron chi connectivity index (χ4n) is 3.05. The van der Waals surface area contributed by atoms with Gasteiger partial charge >= 0.3 is 0 Å². The molecular weight excluding hydrogens is 236 g/mol. The highest BCUT2D eigenvalue weighted by Gasteiger charge is 2.34. The van der Waals surface area contributed by atoms with Crippen LogP contribution < -0.4 is 10.5 Å². The van der Waals surface area contributed by atoms with E-state index >= 15 is 0 Å². The molecule has 0 aliphatic heterocycles. The summed E-state index contributed by atoms with van der Waals surface area (Å²) in [7, 11) is 0. The van der Waals surface area contributed by atoms with Crippen LogP contribution in [0.1, 0.15) is 52.0 Å². The zero-order valence-electron chi connectivity index (χ0n) is 12.4. The number of hydrogen-bond acceptors (Lipinski definition) is 3. The molecule has 19 heavy (non-hydrogen) atoms. The molecule has 106 valence electrons. The van der Waals surface area contributed by atoms with Gasteiger partial charge in [0.1, 0.15) is 5.75 Å². The van der Waals surface area contributed by atoms with Crippen molar-refractivity contribution in [3.05, 3.63) is 24.0 Å². The number of hydrogen-bond donors (Lipinski definition) is 1. The molecule has 1 saturated carbocycles. The zero-order valence-corrected chi connectivity index (χ0v) is 12.4. The van der Waals surface area contributed by atoms with Crippen molar-refractivity contribution in [2.75, 3.05) is 6.61 Å². The lowest BCUT2D eigenvalue weighted by Crippen LogP contribution is -2.41. The van der Waals surface area contributed by atoms with Crippen LogP contribution in [0.5, 0.6) is 5.75 Å². The van der Waals surface area contributed by atoms with Crippen molar-refractivity contribution in [1.82, 2.24) is 4.98 Å². The minimum Gasteiger partial charge on any atom is -0.492 e. The van der Waals surface area contributed by atoms with Gasteiger partial charge in [-0.15, -0.1) is 0 Å². The van der Waals surface area contributed by atoms with E-state index in [0.29, 0.717) is 6.61 Å². The van der Waals surface area contributed by atoms with Gasteiger partial charge in [0.15, 0.2) is 0 Å². The van der Waals surface area contributed by atoms with E-state index in [-0.39, 0.29) is 5.54 Å². The van der Waals surface area contributed by atoms with Crippen LogP contribution in [0.15, 0.2) is 18.5 Å². The van der Waals surface area contributed by atoms with Gasteiger partial charge in [0.05, 0.1) is 12.8 Å². The third-order valence-electron chi connectivity index (χ3n) is 4.46. The summed E-state index contributed by atoms with van der Waals surface area (Å²) in [5.74, 6) is 2.41. The SMILES string of the molecule is CCOc1cncc(C2(N)CCC(C(C)C)CC2)c1. The van der Waals surface area contributed by atoms with Crippen LogP contribution >= 0.6 is 0 Å². The molecule has 2 N–H and O–H groups in total. The minimum absolute atomic E-state index is 0.217. The highest BCUT2D eigenvalue weighted by molar-refractivity contribution is 5.29. The van der Waals surface area contributed by atoms with Crippen molar-refractivity contribution >= 4 is 0 Å². The lowest BCUT2D eigenvalue weighted by Gasteiger charge is -2.38. The lowest BCUT2D eigenvalue weighted by atomic mass is 9.71. The molecule has 0 spiro atoms. The summed E-state index contributed by atoms with van der Waals surface area (Å²) in [6, 6.07) is 2.06. The molecule has 1 fully saturated rings. The largest absolute Gasteiger partial charge is 0.492 e. The Kier molecular flexibility index (Phi) is 4.46. The normalized spacial score (nSPS) is 27.5. The third-order valence-corrected chi connectivity index (χ3v) is 4.46. The average Bonchev–Trinajstić information content (AvgIpc) is 2.40. The predicted molar refractivity (Wildman–Crippen MR) is 78.1 cm³/mol. The van der Waals surface area contributed by atoms with Gasteiger partial charge < -0.3 is 10.5 Å². The summed E-state index contributed by atoms with van der Waals surface area (Å²) in [5.41, 5.74) is 7.52. The van der Waals surface area contributed by atoms with Crippen molar-refractivity contribution in [1.29, 1.82) is 0 Å². The monoisotopic (exact) mass is 262 g/mol. The summed E-state index contributed by atoms with van der Waals surface area (Å²) in [5, 5.41) is 0. The molecule has 0 radical (unpaired) electrons. The number of nitrogens with zero attached hydrogens (tertiary/aromatic N) is 1. The van der Waals surface area contributed by atoms with Gasteiger partial charge in [-0.1, -0.05) is 13.8 Å². The van der Waals surface area contributed by atoms with Gasteiger partial charge in [-0.3, -0.25) is 4.98 Å². The Bertz CT molecular complexity index is 409. The molecular formula is C16H26N2O. The van der Waals surface area contributed by atoms with Crippen LogP contribution in [0.2, 0.25) is 0 Å². The van der Waals surface area contributed by atoms with E-state index in [1.807, 2.05) is 13.1 Å². The Labute approximate surface area is 116 Å². The summed E-state index contributed by atoms with van der Waals surface area (Å²) in [6.45, 7) is 7.27. The summed E-state index contributed by atoms with van der Waals surface area (Å²) < 4.78 is 5.52. The van der Waals surface area contributed by atoms with E-state index in [1.165, 1.54) is 12.8 Å². The number of aromatic nitrogens is 1. The van der Waals surface area contributed by atoms with Gasteiger partial charge in [0, 0.05) is 11.7 Å². The van der Waals surface area contributed by atoms with E-state index in [9.17, 15) is 0 Å². The van der Waals surface area contributed by atoms with E-state index in [2.05, 4.69) is 24.9 Å². The van der Waals surface area contributed by atoms with Crippen LogP contribution in [-0.4, -0.2) is 11.6 Å². The summed E-state index contributed by atoms with van der Waals surface area (Å²) >= 11 is 0. The van der Waals surface area contributed by atoms with Crippen LogP contribution in [0.3, 0.4) is 0 Å². The van der Waals surface area contributed by atoms with Crippen LogP contribution in [0.4, 0.5) is 0 Å². The second-order valence-corrected chi connectivity index (χ2v) is 6.08. The van der Waals surface area contributed by atoms with E-state index < -0.39 is 0 Å². The highest BCUT2D eigenvalue weighted by atomic mass is 16.5. The molecule has 3 nitrogen and oxygen atoms in total. The molecule has 3 heteroatoms. The van der Waals surface area contributed by atoms with Crippen molar-refractivity contribution < 1.29 is 4.74 Å². The minimum atomic E-state index is -0.217. The van der Waals surface area contributed by atoms with E-state index in [0.717, 1.165) is 36.0 Å².